The predicted molar refractivity (Wildman–Crippen MR) is 85.3 cm³/mol. The van der Waals surface area contributed by atoms with E-state index < -0.39 is 11.8 Å². The van der Waals surface area contributed by atoms with E-state index in [9.17, 15) is 9.59 Å². The van der Waals surface area contributed by atoms with Gasteiger partial charge in [-0.05, 0) is 36.4 Å². The largest absolute Gasteiger partial charge is 0.464 e. The van der Waals surface area contributed by atoms with E-state index >= 15 is 0 Å². The molecule has 5 heteroatoms. The first-order valence-electron chi connectivity index (χ1n) is 6.99. The minimum Gasteiger partial charge on any atom is -0.464 e. The Morgan fingerprint density at radius 2 is 1.39 bits per heavy atom. The minimum atomic E-state index is -0.565. The van der Waals surface area contributed by atoms with Crippen LogP contribution in [0.5, 0.6) is 0 Å². The first kappa shape index (κ1) is 14.7. The fourth-order valence-corrected chi connectivity index (χ4v) is 2.17. The Labute approximate surface area is 132 Å². The third kappa shape index (κ3) is 3.04. The van der Waals surface area contributed by atoms with Gasteiger partial charge in [0.2, 0.25) is 0 Å². The Morgan fingerprint density at radius 1 is 0.783 bits per heavy atom. The zero-order valence-corrected chi connectivity index (χ0v) is 12.2. The number of nitrogens with two attached hydrogens (primary N) is 1. The van der Waals surface area contributed by atoms with Crippen LogP contribution in [0.15, 0.2) is 77.4 Å². The van der Waals surface area contributed by atoms with Crippen LogP contribution in [-0.2, 0) is 0 Å². The summed E-state index contributed by atoms with van der Waals surface area (Å²) in [5, 5.41) is 0.622. The summed E-state index contributed by atoms with van der Waals surface area (Å²) in [4.78, 5) is 24.5. The second kappa shape index (κ2) is 6.29. The molecule has 0 spiro atoms. The van der Waals surface area contributed by atoms with Crippen LogP contribution in [0.25, 0.3) is 11.3 Å². The number of furan rings is 1. The highest BCUT2D eigenvalue weighted by Crippen LogP contribution is 2.20. The Balaban J connectivity index is 1.78. The van der Waals surface area contributed by atoms with Crippen LogP contribution >= 0.6 is 0 Å². The van der Waals surface area contributed by atoms with E-state index in [0.29, 0.717) is 21.9 Å². The average Bonchev–Trinajstić information content (AvgIpc) is 3.15. The minimum absolute atomic E-state index is 0.326. The van der Waals surface area contributed by atoms with E-state index in [2.05, 4.69) is 0 Å². The molecule has 2 aromatic carbocycles. The topological polar surface area (TPSA) is 76.5 Å². The van der Waals surface area contributed by atoms with Crippen molar-refractivity contribution in [3.8, 4) is 11.3 Å². The first-order valence-corrected chi connectivity index (χ1v) is 6.99. The Kier molecular flexibility index (Phi) is 4.03. The molecule has 0 aliphatic carbocycles. The molecule has 0 aliphatic rings. The van der Waals surface area contributed by atoms with Crippen molar-refractivity contribution in [1.82, 2.24) is 5.01 Å². The second-order valence-electron chi connectivity index (χ2n) is 4.90. The number of benzene rings is 2. The number of imide groups is 1. The van der Waals surface area contributed by atoms with Crippen LogP contribution in [0.1, 0.15) is 20.7 Å². The normalized spacial score (nSPS) is 10.3. The number of rotatable bonds is 3. The van der Waals surface area contributed by atoms with Crippen LogP contribution in [0.2, 0.25) is 0 Å². The molecule has 0 saturated carbocycles. The lowest BCUT2D eigenvalue weighted by molar-refractivity contribution is 0.0615. The fourth-order valence-electron chi connectivity index (χ4n) is 2.17. The molecule has 23 heavy (non-hydrogen) atoms. The van der Waals surface area contributed by atoms with E-state index in [0.717, 1.165) is 5.56 Å². The molecule has 0 atom stereocenters. The lowest BCUT2D eigenvalue weighted by Crippen LogP contribution is -2.42. The van der Waals surface area contributed by atoms with Crippen LogP contribution in [0.3, 0.4) is 0 Å². The Morgan fingerprint density at radius 3 is 1.96 bits per heavy atom. The van der Waals surface area contributed by atoms with E-state index in [1.807, 2.05) is 6.07 Å². The molecule has 114 valence electrons. The summed E-state index contributed by atoms with van der Waals surface area (Å²) in [6.45, 7) is 0. The Bertz CT molecular complexity index is 809. The molecule has 0 unspecified atom stereocenters. The lowest BCUT2D eigenvalue weighted by atomic mass is 10.1. The lowest BCUT2D eigenvalue weighted by Gasteiger charge is -2.15. The summed E-state index contributed by atoms with van der Waals surface area (Å²) in [5.41, 5.74) is 1.52. The van der Waals surface area contributed by atoms with Gasteiger partial charge in [0.1, 0.15) is 5.76 Å². The van der Waals surface area contributed by atoms with Crippen molar-refractivity contribution in [2.75, 3.05) is 0 Å². The predicted octanol–water partition coefficient (Wildman–Crippen LogP) is 3.10. The molecule has 3 aromatic rings. The molecular weight excluding hydrogens is 292 g/mol. The van der Waals surface area contributed by atoms with Gasteiger partial charge in [0.25, 0.3) is 11.8 Å². The molecule has 5 nitrogen and oxygen atoms in total. The van der Waals surface area contributed by atoms with Crippen molar-refractivity contribution in [2.24, 2.45) is 5.84 Å². The quantitative estimate of drug-likeness (QED) is 0.349. The van der Waals surface area contributed by atoms with Crippen molar-refractivity contribution in [2.45, 2.75) is 0 Å². The smallest absolute Gasteiger partial charge is 0.275 e. The van der Waals surface area contributed by atoms with Gasteiger partial charge < -0.3 is 4.42 Å². The van der Waals surface area contributed by atoms with Gasteiger partial charge >= 0.3 is 0 Å². The number of nitrogens with zero attached hydrogens (tertiary/aromatic N) is 1. The maximum absolute atomic E-state index is 12.3. The number of amides is 2. The molecule has 0 fully saturated rings. The van der Waals surface area contributed by atoms with Crippen molar-refractivity contribution >= 4 is 11.8 Å². The summed E-state index contributed by atoms with van der Waals surface area (Å²) < 4.78 is 5.29. The third-order valence-electron chi connectivity index (χ3n) is 3.40. The van der Waals surface area contributed by atoms with Gasteiger partial charge in [-0.15, -0.1) is 0 Å². The van der Waals surface area contributed by atoms with Crippen LogP contribution < -0.4 is 5.84 Å². The molecule has 2 N–H and O–H groups in total. The summed E-state index contributed by atoms with van der Waals surface area (Å²) >= 11 is 0. The number of carbonyl (C=O) groups excluding carboxylic acids is 2. The summed E-state index contributed by atoms with van der Waals surface area (Å²) in [5.74, 6) is 5.26. The summed E-state index contributed by atoms with van der Waals surface area (Å²) in [6, 6.07) is 18.7. The fraction of sp³-hybridized carbons (Fsp3) is 0. The van der Waals surface area contributed by atoms with E-state index in [1.165, 1.54) is 0 Å². The molecule has 3 rings (SSSR count). The molecule has 0 aliphatic heterocycles. The van der Waals surface area contributed by atoms with E-state index in [-0.39, 0.29) is 0 Å². The zero-order valence-electron chi connectivity index (χ0n) is 12.2. The highest BCUT2D eigenvalue weighted by molar-refractivity contribution is 6.09. The van der Waals surface area contributed by atoms with Crippen molar-refractivity contribution in [3.05, 3.63) is 84.1 Å². The number of hydrogen-bond donors (Lipinski definition) is 1. The zero-order chi connectivity index (χ0) is 16.2. The first-order chi connectivity index (χ1) is 11.2. The maximum Gasteiger partial charge on any atom is 0.275 e. The van der Waals surface area contributed by atoms with Crippen molar-refractivity contribution < 1.29 is 14.0 Å². The highest BCUT2D eigenvalue weighted by atomic mass is 16.3. The molecular formula is C18H14N2O3. The van der Waals surface area contributed by atoms with Crippen LogP contribution in [0, 0.1) is 0 Å². The van der Waals surface area contributed by atoms with Gasteiger partial charge in [0.15, 0.2) is 0 Å². The highest BCUT2D eigenvalue weighted by Gasteiger charge is 2.20. The summed E-state index contributed by atoms with van der Waals surface area (Å²) in [6.07, 6.45) is 1.58. The number of carbonyl (C=O) groups is 2. The SMILES string of the molecule is NN(C(=O)c1ccccc1)C(=O)c1ccc(-c2ccco2)cc1. The second-order valence-corrected chi connectivity index (χ2v) is 4.90. The standard InChI is InChI=1S/C18H14N2O3/c19-20(17(21)14-5-2-1-3-6-14)18(22)15-10-8-13(9-11-15)16-7-4-12-23-16/h1-12H,19H2. The van der Waals surface area contributed by atoms with Gasteiger partial charge in [0.05, 0.1) is 6.26 Å². The van der Waals surface area contributed by atoms with Gasteiger partial charge in [-0.1, -0.05) is 30.3 Å². The third-order valence-corrected chi connectivity index (χ3v) is 3.40. The van der Waals surface area contributed by atoms with E-state index in [4.69, 9.17) is 10.3 Å². The van der Waals surface area contributed by atoms with Crippen molar-refractivity contribution in [1.29, 1.82) is 0 Å². The maximum atomic E-state index is 12.3. The molecule has 0 radical (unpaired) electrons. The van der Waals surface area contributed by atoms with Gasteiger partial charge in [-0.2, -0.15) is 0 Å². The van der Waals surface area contributed by atoms with Gasteiger partial charge in [-0.3, -0.25) is 9.59 Å². The average molecular weight is 306 g/mol. The summed E-state index contributed by atoms with van der Waals surface area (Å²) in [7, 11) is 0. The van der Waals surface area contributed by atoms with Gasteiger partial charge in [-0.25, -0.2) is 10.9 Å². The van der Waals surface area contributed by atoms with Crippen LogP contribution in [-0.4, -0.2) is 16.8 Å². The van der Waals surface area contributed by atoms with Crippen molar-refractivity contribution in [3.63, 3.8) is 0 Å². The number of hydrazine groups is 1. The van der Waals surface area contributed by atoms with Gasteiger partial charge in [0, 0.05) is 16.7 Å². The molecule has 0 saturated heterocycles. The van der Waals surface area contributed by atoms with Crippen LogP contribution in [0.4, 0.5) is 0 Å². The molecule has 2 amide bonds. The Hall–Kier alpha value is -3.18. The molecule has 1 heterocycles. The monoisotopic (exact) mass is 306 g/mol. The van der Waals surface area contributed by atoms with E-state index in [1.54, 1.807) is 66.9 Å². The molecule has 0 bridgehead atoms. The number of hydrogen-bond acceptors (Lipinski definition) is 4. The molecule has 1 aromatic heterocycles.